The molecule has 0 saturated carbocycles. The number of fused-ring (bicyclic) bond motifs is 2. The molecule has 3 rings (SSSR count). The van der Waals surface area contributed by atoms with E-state index in [1.807, 2.05) is 0 Å². The van der Waals surface area contributed by atoms with Crippen LogP contribution in [0.25, 0.3) is 21.5 Å². The molecule has 0 fully saturated rings. The van der Waals surface area contributed by atoms with Crippen molar-refractivity contribution in [1.82, 2.24) is 0 Å². The number of rotatable bonds is 0. The largest absolute Gasteiger partial charge is 0.207 e. The molecule has 3 aromatic carbocycles. The summed E-state index contributed by atoms with van der Waals surface area (Å²) in [4.78, 5) is 0. The average molecular weight is 250 g/mol. The van der Waals surface area contributed by atoms with Gasteiger partial charge in [0.05, 0.1) is 0 Å². The topological polar surface area (TPSA) is 0 Å². The minimum Gasteiger partial charge on any atom is -0.207 e. The Kier molecular flexibility index (Phi) is 2.26. The molecule has 0 aliphatic rings. The van der Waals surface area contributed by atoms with Crippen molar-refractivity contribution in [3.05, 3.63) is 59.7 Å². The Morgan fingerprint density at radius 1 is 0.500 bits per heavy atom. The molecule has 4 heteroatoms. The zero-order valence-corrected chi connectivity index (χ0v) is 8.98. The van der Waals surface area contributed by atoms with Gasteiger partial charge in [-0.1, -0.05) is 0 Å². The number of hydrogen-bond acceptors (Lipinski definition) is 0. The maximum absolute atomic E-state index is 13.5. The summed E-state index contributed by atoms with van der Waals surface area (Å²) in [7, 11) is 0. The van der Waals surface area contributed by atoms with Gasteiger partial charge in [-0.2, -0.15) is 0 Å². The van der Waals surface area contributed by atoms with E-state index in [1.54, 1.807) is 0 Å². The fourth-order valence-corrected chi connectivity index (χ4v) is 2.06. The standard InChI is InChI=1S/C14H6F4/c15-9-1-7-3-12-8(2-10(16)6-14(12)18)4-11(7)13(17)5-9/h1-6H. The normalized spacial score (nSPS) is 11.3. The highest BCUT2D eigenvalue weighted by molar-refractivity contribution is 5.98. The predicted molar refractivity (Wildman–Crippen MR) is 61.3 cm³/mol. The summed E-state index contributed by atoms with van der Waals surface area (Å²) in [6.45, 7) is 0. The Balaban J connectivity index is 2.51. The molecule has 0 radical (unpaired) electrons. The molecule has 0 atom stereocenters. The van der Waals surface area contributed by atoms with Crippen LogP contribution < -0.4 is 0 Å². The van der Waals surface area contributed by atoms with Crippen LogP contribution in [0.2, 0.25) is 0 Å². The quantitative estimate of drug-likeness (QED) is 0.405. The highest BCUT2D eigenvalue weighted by Gasteiger charge is 2.09. The van der Waals surface area contributed by atoms with Gasteiger partial charge < -0.3 is 0 Å². The summed E-state index contributed by atoms with van der Waals surface area (Å²) in [5, 5.41) is 0.749. The third kappa shape index (κ3) is 1.61. The van der Waals surface area contributed by atoms with Gasteiger partial charge >= 0.3 is 0 Å². The van der Waals surface area contributed by atoms with E-state index < -0.39 is 23.3 Å². The molecule has 0 nitrogen and oxygen atoms in total. The van der Waals surface area contributed by atoms with Gasteiger partial charge in [0.25, 0.3) is 0 Å². The van der Waals surface area contributed by atoms with Crippen LogP contribution in [0.5, 0.6) is 0 Å². The lowest BCUT2D eigenvalue weighted by molar-refractivity contribution is 0.589. The van der Waals surface area contributed by atoms with Crippen molar-refractivity contribution < 1.29 is 17.6 Å². The van der Waals surface area contributed by atoms with Crippen LogP contribution in [-0.2, 0) is 0 Å². The van der Waals surface area contributed by atoms with Crippen molar-refractivity contribution in [2.75, 3.05) is 0 Å². The summed E-state index contributed by atoms with van der Waals surface area (Å²) in [6.07, 6.45) is 0. The van der Waals surface area contributed by atoms with Crippen LogP contribution in [0.3, 0.4) is 0 Å². The Hall–Kier alpha value is -2.10. The first-order valence-corrected chi connectivity index (χ1v) is 5.22. The molecule has 18 heavy (non-hydrogen) atoms. The van der Waals surface area contributed by atoms with Gasteiger partial charge in [-0.3, -0.25) is 0 Å². The minimum absolute atomic E-state index is 0.133. The summed E-state index contributed by atoms with van der Waals surface area (Å²) in [5.74, 6) is -2.98. The molecule has 3 aromatic rings. The van der Waals surface area contributed by atoms with Crippen LogP contribution in [-0.4, -0.2) is 0 Å². The summed E-state index contributed by atoms with van der Waals surface area (Å²) >= 11 is 0. The SMILES string of the molecule is Fc1cc(F)c2cc3cc(F)cc(F)c3cc2c1. The van der Waals surface area contributed by atoms with Crippen LogP contribution in [0, 0.1) is 23.3 Å². The monoisotopic (exact) mass is 250 g/mol. The average Bonchev–Trinajstić information content (AvgIpc) is 2.27. The molecule has 0 spiro atoms. The first-order chi connectivity index (χ1) is 8.54. The lowest BCUT2D eigenvalue weighted by atomic mass is 10.0. The van der Waals surface area contributed by atoms with Gasteiger partial charge in [0.15, 0.2) is 0 Å². The number of halogens is 4. The van der Waals surface area contributed by atoms with E-state index in [2.05, 4.69) is 0 Å². The van der Waals surface area contributed by atoms with Gasteiger partial charge in [-0.05, 0) is 35.0 Å². The molecule has 0 saturated heterocycles. The van der Waals surface area contributed by atoms with Gasteiger partial charge in [0.2, 0.25) is 0 Å². The highest BCUT2D eigenvalue weighted by atomic mass is 19.1. The fourth-order valence-electron chi connectivity index (χ4n) is 2.06. The van der Waals surface area contributed by atoms with Gasteiger partial charge in [0.1, 0.15) is 23.3 Å². The fraction of sp³-hybridized carbons (Fsp3) is 0. The highest BCUT2D eigenvalue weighted by Crippen LogP contribution is 2.28. The van der Waals surface area contributed by atoms with E-state index in [0.29, 0.717) is 0 Å². The van der Waals surface area contributed by atoms with E-state index in [4.69, 9.17) is 0 Å². The van der Waals surface area contributed by atoms with Crippen LogP contribution in [0.15, 0.2) is 36.4 Å². The summed E-state index contributed by atoms with van der Waals surface area (Å²) in [5.41, 5.74) is 0. The molecular weight excluding hydrogens is 244 g/mol. The lowest BCUT2D eigenvalue weighted by Gasteiger charge is -2.05. The van der Waals surface area contributed by atoms with Crippen molar-refractivity contribution in [2.45, 2.75) is 0 Å². The Bertz CT molecular complexity index is 710. The van der Waals surface area contributed by atoms with E-state index >= 15 is 0 Å². The smallest absolute Gasteiger partial charge is 0.133 e. The van der Waals surface area contributed by atoms with Gasteiger partial charge in [0, 0.05) is 22.9 Å². The Morgan fingerprint density at radius 3 is 1.28 bits per heavy atom. The second-order valence-corrected chi connectivity index (χ2v) is 4.07. The van der Waals surface area contributed by atoms with Crippen molar-refractivity contribution in [1.29, 1.82) is 0 Å². The lowest BCUT2D eigenvalue weighted by Crippen LogP contribution is -1.88. The van der Waals surface area contributed by atoms with Crippen molar-refractivity contribution in [3.8, 4) is 0 Å². The van der Waals surface area contributed by atoms with Crippen molar-refractivity contribution in [3.63, 3.8) is 0 Å². The first-order valence-electron chi connectivity index (χ1n) is 5.22. The van der Waals surface area contributed by atoms with Crippen molar-refractivity contribution >= 4 is 21.5 Å². The molecule has 0 N–H and O–H groups in total. The van der Waals surface area contributed by atoms with E-state index in [9.17, 15) is 17.6 Å². The third-order valence-electron chi connectivity index (χ3n) is 2.85. The maximum atomic E-state index is 13.5. The molecule has 0 bridgehead atoms. The molecule has 0 aliphatic heterocycles. The predicted octanol–water partition coefficient (Wildman–Crippen LogP) is 4.55. The zero-order chi connectivity index (χ0) is 12.9. The van der Waals surface area contributed by atoms with E-state index in [1.165, 1.54) is 12.1 Å². The third-order valence-corrected chi connectivity index (χ3v) is 2.85. The van der Waals surface area contributed by atoms with Crippen LogP contribution in [0.4, 0.5) is 17.6 Å². The molecule has 0 unspecified atom stereocenters. The maximum Gasteiger partial charge on any atom is 0.133 e. The summed E-state index contributed by atoms with van der Waals surface area (Å²) in [6, 6.07) is 6.33. The van der Waals surface area contributed by atoms with E-state index in [0.717, 1.165) is 24.3 Å². The summed E-state index contributed by atoms with van der Waals surface area (Å²) < 4.78 is 53.2. The minimum atomic E-state index is -0.753. The van der Waals surface area contributed by atoms with Crippen molar-refractivity contribution in [2.24, 2.45) is 0 Å². The second-order valence-electron chi connectivity index (χ2n) is 4.07. The first kappa shape index (κ1) is 11.0. The molecule has 0 aliphatic carbocycles. The van der Waals surface area contributed by atoms with Gasteiger partial charge in [-0.15, -0.1) is 0 Å². The van der Waals surface area contributed by atoms with Crippen LogP contribution in [0.1, 0.15) is 0 Å². The zero-order valence-electron chi connectivity index (χ0n) is 8.98. The number of benzene rings is 3. The molecular formula is C14H6F4. The molecule has 0 aromatic heterocycles. The molecule has 90 valence electrons. The number of hydrogen-bond donors (Lipinski definition) is 0. The second kappa shape index (κ2) is 3.70. The Labute approximate surface area is 99.5 Å². The van der Waals surface area contributed by atoms with E-state index in [-0.39, 0.29) is 21.5 Å². The van der Waals surface area contributed by atoms with Gasteiger partial charge in [-0.25, -0.2) is 17.6 Å². The van der Waals surface area contributed by atoms with Crippen LogP contribution >= 0.6 is 0 Å². The Morgan fingerprint density at radius 2 is 0.889 bits per heavy atom. The molecule has 0 amide bonds. The molecule has 0 heterocycles.